The number of benzene rings is 2. The maximum absolute atomic E-state index is 13.2. The Kier molecular flexibility index (Phi) is 7.20. The van der Waals surface area contributed by atoms with E-state index in [-0.39, 0.29) is 5.91 Å². The summed E-state index contributed by atoms with van der Waals surface area (Å²) in [7, 11) is 0. The molecule has 1 amide bonds. The van der Waals surface area contributed by atoms with Gasteiger partial charge in [0.25, 0.3) is 5.91 Å². The van der Waals surface area contributed by atoms with Crippen molar-refractivity contribution in [3.8, 4) is 11.3 Å². The Morgan fingerprint density at radius 2 is 1.72 bits per heavy atom. The molecule has 7 rings (SSSR count). The summed E-state index contributed by atoms with van der Waals surface area (Å²) >= 11 is 0. The Morgan fingerprint density at radius 1 is 0.907 bits per heavy atom. The molecule has 0 aliphatic carbocycles. The molecule has 3 aromatic heterocycles. The number of aryl methyl sites for hydroxylation is 2. The van der Waals surface area contributed by atoms with Crippen LogP contribution in [0.2, 0.25) is 0 Å². The van der Waals surface area contributed by atoms with Crippen LogP contribution in [0.15, 0.2) is 72.9 Å². The second-order valence-electron chi connectivity index (χ2n) is 11.0. The number of pyridine rings is 1. The Morgan fingerprint density at radius 3 is 2.53 bits per heavy atom. The van der Waals surface area contributed by atoms with Crippen molar-refractivity contribution in [1.82, 2.24) is 24.5 Å². The lowest BCUT2D eigenvalue weighted by Gasteiger charge is -2.28. The average molecular weight is 577 g/mol. The molecule has 0 unspecified atom stereocenters. The van der Waals surface area contributed by atoms with Crippen molar-refractivity contribution in [2.75, 3.05) is 37.7 Å². The molecule has 218 valence electrons. The second kappa shape index (κ2) is 11.4. The van der Waals surface area contributed by atoms with Crippen LogP contribution in [0.4, 0.5) is 5.69 Å². The zero-order chi connectivity index (χ0) is 29.3. The minimum Gasteiger partial charge on any atom is -0.480 e. The Balaban J connectivity index is 1.25. The van der Waals surface area contributed by atoms with Crippen LogP contribution in [-0.4, -0.2) is 80.4 Å². The lowest BCUT2D eigenvalue weighted by molar-refractivity contribution is -0.141. The van der Waals surface area contributed by atoms with Crippen molar-refractivity contribution in [2.45, 2.75) is 31.7 Å². The maximum Gasteiger partial charge on any atom is 0.326 e. The summed E-state index contributed by atoms with van der Waals surface area (Å²) in [6, 6.07) is 20.9. The molecule has 2 aliphatic rings. The van der Waals surface area contributed by atoms with Gasteiger partial charge in [0, 0.05) is 41.8 Å². The van der Waals surface area contributed by atoms with E-state index in [1.165, 1.54) is 4.90 Å². The number of ether oxygens (including phenoxy) is 1. The third kappa shape index (κ3) is 5.18. The molecule has 1 N–H and O–H groups in total. The van der Waals surface area contributed by atoms with Gasteiger partial charge in [0.15, 0.2) is 5.65 Å². The number of nitrogens with zero attached hydrogens (tertiary/aromatic N) is 6. The number of morpholine rings is 1. The lowest BCUT2D eigenvalue weighted by atomic mass is 10.0. The zero-order valence-corrected chi connectivity index (χ0v) is 23.7. The molecule has 0 bridgehead atoms. The Bertz CT molecular complexity index is 1810. The van der Waals surface area contributed by atoms with Crippen LogP contribution < -0.4 is 4.90 Å². The van der Waals surface area contributed by atoms with E-state index < -0.39 is 12.0 Å². The highest BCUT2D eigenvalue weighted by Crippen LogP contribution is 2.31. The summed E-state index contributed by atoms with van der Waals surface area (Å²) in [6.07, 6.45) is 4.33. The predicted molar refractivity (Wildman–Crippen MR) is 162 cm³/mol. The van der Waals surface area contributed by atoms with Crippen molar-refractivity contribution in [1.29, 1.82) is 0 Å². The topological polar surface area (TPSA) is 113 Å². The average Bonchev–Trinajstić information content (AvgIpc) is 3.69. The largest absolute Gasteiger partial charge is 0.480 e. The van der Waals surface area contributed by atoms with E-state index in [0.717, 1.165) is 58.0 Å². The summed E-state index contributed by atoms with van der Waals surface area (Å²) < 4.78 is 7.48. The van der Waals surface area contributed by atoms with Gasteiger partial charge in [-0.15, -0.1) is 0 Å². The summed E-state index contributed by atoms with van der Waals surface area (Å²) in [6.45, 7) is 3.34. The first-order valence-electron chi connectivity index (χ1n) is 14.7. The molecule has 0 radical (unpaired) electrons. The highest BCUT2D eigenvalue weighted by atomic mass is 16.5. The number of anilines is 1. The number of carboxylic acids is 1. The molecule has 2 aliphatic heterocycles. The molecule has 0 spiro atoms. The molecular weight excluding hydrogens is 544 g/mol. The normalized spacial score (nSPS) is 17.2. The van der Waals surface area contributed by atoms with E-state index in [2.05, 4.69) is 23.1 Å². The van der Waals surface area contributed by atoms with Crippen LogP contribution in [0.5, 0.6) is 0 Å². The summed E-state index contributed by atoms with van der Waals surface area (Å²) in [5, 5.41) is 15.4. The Labute approximate surface area is 248 Å². The number of amides is 1. The summed E-state index contributed by atoms with van der Waals surface area (Å²) in [4.78, 5) is 38.6. The van der Waals surface area contributed by atoms with Crippen LogP contribution >= 0.6 is 0 Å². The molecule has 10 nitrogen and oxygen atoms in total. The van der Waals surface area contributed by atoms with Crippen LogP contribution in [0.3, 0.4) is 0 Å². The zero-order valence-electron chi connectivity index (χ0n) is 23.7. The van der Waals surface area contributed by atoms with E-state index in [9.17, 15) is 14.7 Å². The van der Waals surface area contributed by atoms with E-state index >= 15 is 0 Å². The van der Waals surface area contributed by atoms with Crippen LogP contribution in [0, 0.1) is 0 Å². The van der Waals surface area contributed by atoms with Crippen molar-refractivity contribution in [3.05, 3.63) is 89.9 Å². The fourth-order valence-electron chi connectivity index (χ4n) is 6.19. The number of carbonyl (C=O) groups excluding carboxylic acids is 1. The molecule has 2 aromatic carbocycles. The fraction of sp³-hybridized carbons (Fsp3) is 0.303. The number of carboxylic acid groups (broad SMARTS) is 1. The van der Waals surface area contributed by atoms with Crippen molar-refractivity contribution < 1.29 is 19.4 Å². The van der Waals surface area contributed by atoms with Crippen LogP contribution in [0.1, 0.15) is 34.6 Å². The number of para-hydroxylation sites is 1. The minimum atomic E-state index is -0.958. The van der Waals surface area contributed by atoms with Gasteiger partial charge in [0.05, 0.1) is 42.0 Å². The number of hydrogen-bond acceptors (Lipinski definition) is 7. The van der Waals surface area contributed by atoms with Gasteiger partial charge in [-0.3, -0.25) is 9.78 Å². The third-order valence-electron chi connectivity index (χ3n) is 8.40. The van der Waals surface area contributed by atoms with Gasteiger partial charge in [-0.2, -0.15) is 5.10 Å². The quantitative estimate of drug-likeness (QED) is 0.306. The fourth-order valence-corrected chi connectivity index (χ4v) is 6.19. The smallest absolute Gasteiger partial charge is 0.326 e. The highest BCUT2D eigenvalue weighted by molar-refractivity contribution is 5.97. The number of hydrogen-bond donors (Lipinski definition) is 1. The van der Waals surface area contributed by atoms with E-state index in [1.807, 2.05) is 40.9 Å². The molecular formula is C33H32N6O4. The predicted octanol–water partition coefficient (Wildman–Crippen LogP) is 4.26. The van der Waals surface area contributed by atoms with Gasteiger partial charge in [-0.1, -0.05) is 36.4 Å². The van der Waals surface area contributed by atoms with Gasteiger partial charge in [0.2, 0.25) is 0 Å². The second-order valence-corrected chi connectivity index (χ2v) is 11.0. The molecule has 10 heteroatoms. The summed E-state index contributed by atoms with van der Waals surface area (Å²) in [5.74, 6) is -1.22. The molecule has 2 fully saturated rings. The lowest BCUT2D eigenvalue weighted by Crippen LogP contribution is -2.40. The summed E-state index contributed by atoms with van der Waals surface area (Å²) in [5.41, 5.74) is 6.86. The first-order valence-corrected chi connectivity index (χ1v) is 14.7. The van der Waals surface area contributed by atoms with Gasteiger partial charge < -0.3 is 19.6 Å². The Hall–Kier alpha value is -4.83. The maximum atomic E-state index is 13.2. The number of carbonyl (C=O) groups is 2. The SMILES string of the molecule is O=C(O)[C@@H]1CCCN1C(=O)c1ccc(-c2c(CCc3ccc4ccccc4n3)nc3c(N4CCOCC4)ccnn23)cc1. The van der Waals surface area contributed by atoms with E-state index in [0.29, 0.717) is 51.0 Å². The van der Waals surface area contributed by atoms with Gasteiger partial charge in [-0.25, -0.2) is 14.3 Å². The standard InChI is InChI=1S/C33H32N6O4/c40-32(38-17-3-6-29(38)33(41)42)24-9-7-23(8-10-24)30-27(14-13-25-12-11-22-4-1-2-5-26(22)35-25)36-31-28(15-16-34-39(30)31)37-18-20-43-21-19-37/h1-2,4-5,7-12,15-16,29H,3,6,13-14,17-21H2,(H,41,42)/t29-/m0/s1. The number of aliphatic carboxylic acids is 1. The molecule has 0 saturated carbocycles. The molecule has 5 aromatic rings. The van der Waals surface area contributed by atoms with Crippen molar-refractivity contribution in [2.24, 2.45) is 0 Å². The van der Waals surface area contributed by atoms with Crippen molar-refractivity contribution >= 4 is 34.1 Å². The minimum absolute atomic E-state index is 0.259. The number of rotatable bonds is 7. The van der Waals surface area contributed by atoms with Gasteiger partial charge in [-0.05, 0) is 56.0 Å². The van der Waals surface area contributed by atoms with E-state index in [1.54, 1.807) is 18.3 Å². The number of likely N-dealkylation sites (tertiary alicyclic amines) is 1. The van der Waals surface area contributed by atoms with Crippen LogP contribution in [0.25, 0.3) is 27.8 Å². The van der Waals surface area contributed by atoms with Crippen LogP contribution in [-0.2, 0) is 22.4 Å². The molecule has 43 heavy (non-hydrogen) atoms. The van der Waals surface area contributed by atoms with Gasteiger partial charge in [0.1, 0.15) is 6.04 Å². The molecule has 1 atom stereocenters. The monoisotopic (exact) mass is 576 g/mol. The first-order chi connectivity index (χ1) is 21.1. The molecule has 5 heterocycles. The first kappa shape index (κ1) is 27.0. The van der Waals surface area contributed by atoms with Crippen molar-refractivity contribution in [3.63, 3.8) is 0 Å². The third-order valence-corrected chi connectivity index (χ3v) is 8.40. The number of fused-ring (bicyclic) bond motifs is 2. The highest BCUT2D eigenvalue weighted by Gasteiger charge is 2.34. The number of aromatic nitrogens is 4. The number of imidazole rings is 1. The molecule has 2 saturated heterocycles. The van der Waals surface area contributed by atoms with E-state index in [4.69, 9.17) is 19.8 Å². The van der Waals surface area contributed by atoms with Gasteiger partial charge >= 0.3 is 5.97 Å².